The molecule has 3 atom stereocenters. The average molecular weight is 489 g/mol. The molecule has 1 aromatic heterocycles. The van der Waals surface area contributed by atoms with Crippen molar-refractivity contribution in [3.05, 3.63) is 71.4 Å². The molecule has 0 saturated carbocycles. The minimum atomic E-state index is -1.31. The highest BCUT2D eigenvalue weighted by Crippen LogP contribution is 2.45. The van der Waals surface area contributed by atoms with E-state index in [0.717, 1.165) is 21.4 Å². The molecule has 2 aliphatic heterocycles. The largest absolute Gasteiger partial charge is 0.479 e. The zero-order valence-electron chi connectivity index (χ0n) is 20.3. The number of aromatic nitrogens is 1. The van der Waals surface area contributed by atoms with E-state index in [1.807, 2.05) is 24.3 Å². The molecule has 2 aromatic carbocycles. The quantitative estimate of drug-likeness (QED) is 0.460. The number of urea groups is 1. The second-order valence-corrected chi connectivity index (χ2v) is 9.84. The first-order chi connectivity index (χ1) is 17.2. The van der Waals surface area contributed by atoms with Crippen molar-refractivity contribution >= 4 is 34.7 Å². The summed E-state index contributed by atoms with van der Waals surface area (Å²) in [6, 6.07) is 13.0. The van der Waals surface area contributed by atoms with E-state index >= 15 is 0 Å². The molecule has 9 nitrogen and oxygen atoms in total. The maximum atomic E-state index is 14.0. The highest BCUT2D eigenvalue weighted by Gasteiger charge is 2.61. The van der Waals surface area contributed by atoms with Gasteiger partial charge in [-0.3, -0.25) is 9.59 Å². The highest BCUT2D eigenvalue weighted by atomic mass is 16.4. The Hall–Kier alpha value is -4.14. The number of aromatic amines is 1. The van der Waals surface area contributed by atoms with Crippen LogP contribution in [0, 0.1) is 5.92 Å². The average Bonchev–Trinajstić information content (AvgIpc) is 3.33. The van der Waals surface area contributed by atoms with Gasteiger partial charge in [0.25, 0.3) is 5.91 Å². The summed E-state index contributed by atoms with van der Waals surface area (Å²) in [6.45, 7) is 5.51. The summed E-state index contributed by atoms with van der Waals surface area (Å²) in [5, 5.41) is 13.3. The summed E-state index contributed by atoms with van der Waals surface area (Å²) in [5.41, 5.74) is 1.64. The van der Waals surface area contributed by atoms with Crippen molar-refractivity contribution in [2.75, 3.05) is 6.54 Å². The topological polar surface area (TPSA) is 123 Å². The van der Waals surface area contributed by atoms with Gasteiger partial charge in [-0.2, -0.15) is 0 Å². The third-order valence-corrected chi connectivity index (χ3v) is 7.34. The number of imide groups is 1. The first-order valence-corrected chi connectivity index (χ1v) is 12.0. The Morgan fingerprint density at radius 3 is 2.39 bits per heavy atom. The summed E-state index contributed by atoms with van der Waals surface area (Å²) in [4.78, 5) is 59.0. The molecule has 3 heterocycles. The van der Waals surface area contributed by atoms with Gasteiger partial charge in [-0.1, -0.05) is 62.4 Å². The maximum absolute atomic E-state index is 14.0. The molecule has 3 aromatic rings. The van der Waals surface area contributed by atoms with Crippen LogP contribution in [0.25, 0.3) is 10.9 Å². The van der Waals surface area contributed by atoms with Crippen LogP contribution in [-0.4, -0.2) is 56.3 Å². The summed E-state index contributed by atoms with van der Waals surface area (Å²) in [6.07, 6.45) is 0.579. The predicted molar refractivity (Wildman–Crippen MR) is 132 cm³/mol. The number of amides is 4. The van der Waals surface area contributed by atoms with Crippen LogP contribution in [0.15, 0.2) is 54.6 Å². The Morgan fingerprint density at radius 2 is 1.72 bits per heavy atom. The van der Waals surface area contributed by atoms with E-state index in [1.54, 1.807) is 51.1 Å². The van der Waals surface area contributed by atoms with Crippen LogP contribution in [0.3, 0.4) is 0 Å². The highest BCUT2D eigenvalue weighted by molar-refractivity contribution is 6.11. The van der Waals surface area contributed by atoms with Crippen LogP contribution in [0.2, 0.25) is 0 Å². The van der Waals surface area contributed by atoms with E-state index in [0.29, 0.717) is 24.2 Å². The number of nitrogens with one attached hydrogen (secondary N) is 2. The van der Waals surface area contributed by atoms with Gasteiger partial charge in [-0.05, 0) is 36.5 Å². The molecule has 9 heteroatoms. The summed E-state index contributed by atoms with van der Waals surface area (Å²) in [7, 11) is 0. The molecular weight excluding hydrogens is 460 g/mol. The number of carbonyl (C=O) groups is 4. The molecule has 186 valence electrons. The van der Waals surface area contributed by atoms with Crippen molar-refractivity contribution in [1.82, 2.24) is 20.1 Å². The third-order valence-electron chi connectivity index (χ3n) is 7.34. The fraction of sp³-hybridized carbons (Fsp3) is 0.333. The zero-order chi connectivity index (χ0) is 25.8. The van der Waals surface area contributed by atoms with Crippen molar-refractivity contribution < 1.29 is 24.3 Å². The Balaban J connectivity index is 1.52. The normalized spacial score (nSPS) is 20.9. The van der Waals surface area contributed by atoms with Crippen LogP contribution in [0.4, 0.5) is 4.79 Å². The van der Waals surface area contributed by atoms with Gasteiger partial charge < -0.3 is 20.3 Å². The first kappa shape index (κ1) is 23.6. The van der Waals surface area contributed by atoms with Gasteiger partial charge in [-0.25, -0.2) is 14.5 Å². The van der Waals surface area contributed by atoms with Crippen LogP contribution in [0.1, 0.15) is 43.6 Å². The fourth-order valence-corrected chi connectivity index (χ4v) is 5.54. The standard InChI is InChI=1S/C27H28N4O5/c1-15(2)21(23(32)29-20(24(33)34)16-9-5-4-6-10-16)31-25(35)27(3)22-18(13-14-30(27)26(31)36)17-11-7-8-12-19(17)28-22/h4-12,15,20-21,28H,13-14H2,1-3H3,(H,29,32)(H,33,34)/t20-,21+,27+/m1/s1. The van der Waals surface area contributed by atoms with Gasteiger partial charge in [0.2, 0.25) is 5.91 Å². The minimum Gasteiger partial charge on any atom is -0.479 e. The Bertz CT molecular complexity index is 1380. The molecule has 4 amide bonds. The lowest BCUT2D eigenvalue weighted by Crippen LogP contribution is -2.54. The molecule has 3 N–H and O–H groups in total. The van der Waals surface area contributed by atoms with Crippen LogP contribution in [0.5, 0.6) is 0 Å². The number of carbonyl (C=O) groups excluding carboxylic acids is 3. The summed E-state index contributed by atoms with van der Waals surface area (Å²) in [5.74, 6) is -2.87. The molecular formula is C27H28N4O5. The smallest absolute Gasteiger partial charge is 0.330 e. The molecule has 1 saturated heterocycles. The van der Waals surface area contributed by atoms with E-state index in [1.165, 1.54) is 4.90 Å². The van der Waals surface area contributed by atoms with Gasteiger partial charge >= 0.3 is 12.0 Å². The molecule has 0 unspecified atom stereocenters. The summed E-state index contributed by atoms with van der Waals surface area (Å²) >= 11 is 0. The van der Waals surface area contributed by atoms with Crippen molar-refractivity contribution in [3.63, 3.8) is 0 Å². The van der Waals surface area contributed by atoms with Crippen LogP contribution < -0.4 is 5.32 Å². The minimum absolute atomic E-state index is 0.334. The lowest BCUT2D eigenvalue weighted by Gasteiger charge is -2.36. The fourth-order valence-electron chi connectivity index (χ4n) is 5.54. The second kappa shape index (κ2) is 8.51. The third kappa shape index (κ3) is 3.37. The lowest BCUT2D eigenvalue weighted by atomic mass is 9.86. The Kier molecular flexibility index (Phi) is 5.58. The number of rotatable bonds is 6. The van der Waals surface area contributed by atoms with E-state index in [-0.39, 0.29) is 0 Å². The number of H-pyrrole nitrogens is 1. The number of fused-ring (bicyclic) bond motifs is 5. The first-order valence-electron chi connectivity index (χ1n) is 12.0. The zero-order valence-corrected chi connectivity index (χ0v) is 20.3. The van der Waals surface area contributed by atoms with Crippen molar-refractivity contribution in [2.45, 2.75) is 44.8 Å². The van der Waals surface area contributed by atoms with Gasteiger partial charge in [0.1, 0.15) is 6.04 Å². The number of carboxylic acids is 1. The predicted octanol–water partition coefficient (Wildman–Crippen LogP) is 3.17. The molecule has 36 heavy (non-hydrogen) atoms. The van der Waals surface area contributed by atoms with E-state index in [4.69, 9.17) is 0 Å². The summed E-state index contributed by atoms with van der Waals surface area (Å²) < 4.78 is 0. The SMILES string of the molecule is CC(C)[C@@H](C(=O)N[C@@H](C(=O)O)c1ccccc1)N1C(=O)N2CCc3c([nH]c4ccccc34)[C@@]2(C)C1=O. The molecule has 2 aliphatic rings. The van der Waals surface area contributed by atoms with Gasteiger partial charge in [0, 0.05) is 17.4 Å². The number of aliphatic carboxylic acids is 1. The van der Waals surface area contributed by atoms with Crippen molar-refractivity contribution in [3.8, 4) is 0 Å². The monoisotopic (exact) mass is 488 g/mol. The number of hydrogen-bond acceptors (Lipinski definition) is 4. The second-order valence-electron chi connectivity index (χ2n) is 9.84. The van der Waals surface area contributed by atoms with Gasteiger partial charge in [-0.15, -0.1) is 0 Å². The van der Waals surface area contributed by atoms with E-state index in [9.17, 15) is 24.3 Å². The van der Waals surface area contributed by atoms with Crippen molar-refractivity contribution in [1.29, 1.82) is 0 Å². The van der Waals surface area contributed by atoms with Gasteiger partial charge in [0.15, 0.2) is 11.6 Å². The Morgan fingerprint density at radius 1 is 1.06 bits per heavy atom. The number of benzene rings is 2. The van der Waals surface area contributed by atoms with Gasteiger partial charge in [0.05, 0.1) is 5.69 Å². The maximum Gasteiger partial charge on any atom is 0.330 e. The molecule has 1 fully saturated rings. The molecule has 0 aliphatic carbocycles. The lowest BCUT2D eigenvalue weighted by molar-refractivity contribution is -0.144. The number of carboxylic acid groups (broad SMARTS) is 1. The van der Waals surface area contributed by atoms with Crippen molar-refractivity contribution in [2.24, 2.45) is 5.92 Å². The molecule has 5 rings (SSSR count). The molecule has 0 spiro atoms. The number of hydrogen-bond donors (Lipinski definition) is 3. The van der Waals surface area contributed by atoms with E-state index in [2.05, 4.69) is 10.3 Å². The Labute approximate surface area is 208 Å². The van der Waals surface area contributed by atoms with E-state index < -0.39 is 47.4 Å². The van der Waals surface area contributed by atoms with Crippen LogP contribution >= 0.6 is 0 Å². The number of para-hydroxylation sites is 1. The van der Waals surface area contributed by atoms with Crippen LogP contribution in [-0.2, 0) is 26.3 Å². The number of nitrogens with zero attached hydrogens (tertiary/aromatic N) is 2. The molecule has 0 radical (unpaired) electrons. The molecule has 0 bridgehead atoms.